The number of hydrogen-bond acceptors (Lipinski definition) is 7. The lowest BCUT2D eigenvalue weighted by atomic mass is 10.1. The Balaban J connectivity index is 2.83. The third-order valence-electron chi connectivity index (χ3n) is 2.91. The number of aldehydes is 1. The molecule has 0 fully saturated rings. The van der Waals surface area contributed by atoms with Crippen molar-refractivity contribution in [3.63, 3.8) is 0 Å². The van der Waals surface area contributed by atoms with Gasteiger partial charge in [-0.25, -0.2) is 0 Å². The molecule has 0 radical (unpaired) electrons. The standard InChI is InChI=1S/C12H11F3N4O4/c1-21-8-4-7(9(22-2)6(5-20)10(8)23-3)19-11(12(13,14)15)16-17-18-19/h4-5H,1-3H3. The van der Waals surface area contributed by atoms with Crippen molar-refractivity contribution in [3.8, 4) is 22.9 Å². The molecule has 0 aliphatic carbocycles. The number of alkyl halides is 3. The summed E-state index contributed by atoms with van der Waals surface area (Å²) in [4.78, 5) is 11.3. The molecule has 0 saturated carbocycles. The lowest BCUT2D eigenvalue weighted by Gasteiger charge is -2.17. The van der Waals surface area contributed by atoms with Crippen LogP contribution >= 0.6 is 0 Å². The van der Waals surface area contributed by atoms with Crippen molar-refractivity contribution in [2.24, 2.45) is 0 Å². The van der Waals surface area contributed by atoms with Crippen LogP contribution in [0.25, 0.3) is 5.69 Å². The van der Waals surface area contributed by atoms with Crippen LogP contribution in [-0.2, 0) is 6.18 Å². The van der Waals surface area contributed by atoms with Crippen LogP contribution in [-0.4, -0.2) is 47.8 Å². The van der Waals surface area contributed by atoms with E-state index in [0.29, 0.717) is 11.0 Å². The maximum atomic E-state index is 13.0. The lowest BCUT2D eigenvalue weighted by molar-refractivity contribution is -0.146. The van der Waals surface area contributed by atoms with E-state index in [-0.39, 0.29) is 28.5 Å². The fraction of sp³-hybridized carbons (Fsp3) is 0.333. The fourth-order valence-corrected chi connectivity index (χ4v) is 2.00. The highest BCUT2D eigenvalue weighted by molar-refractivity contribution is 5.88. The Labute approximate surface area is 127 Å². The van der Waals surface area contributed by atoms with Gasteiger partial charge < -0.3 is 14.2 Å². The quantitative estimate of drug-likeness (QED) is 0.767. The van der Waals surface area contributed by atoms with Crippen molar-refractivity contribution in [3.05, 3.63) is 17.5 Å². The first-order valence-electron chi connectivity index (χ1n) is 6.03. The Morgan fingerprint density at radius 1 is 1.13 bits per heavy atom. The highest BCUT2D eigenvalue weighted by atomic mass is 19.4. The van der Waals surface area contributed by atoms with Gasteiger partial charge in [0.2, 0.25) is 0 Å². The van der Waals surface area contributed by atoms with Crippen LogP contribution < -0.4 is 14.2 Å². The number of carbonyl (C=O) groups excluding carboxylic acids is 1. The van der Waals surface area contributed by atoms with Crippen LogP contribution in [0.1, 0.15) is 16.2 Å². The predicted molar refractivity (Wildman–Crippen MR) is 69.2 cm³/mol. The smallest absolute Gasteiger partial charge is 0.453 e. The number of benzene rings is 1. The first kappa shape index (κ1) is 16.5. The van der Waals surface area contributed by atoms with E-state index in [1.165, 1.54) is 27.4 Å². The van der Waals surface area contributed by atoms with Gasteiger partial charge in [0.15, 0.2) is 23.5 Å². The summed E-state index contributed by atoms with van der Waals surface area (Å²) in [5, 5.41) is 9.29. The first-order chi connectivity index (χ1) is 10.9. The van der Waals surface area contributed by atoms with E-state index < -0.39 is 12.0 Å². The largest absolute Gasteiger partial charge is 0.494 e. The predicted octanol–water partition coefficient (Wildman–Crippen LogP) is 1.52. The van der Waals surface area contributed by atoms with Crippen molar-refractivity contribution >= 4 is 6.29 Å². The summed E-state index contributed by atoms with van der Waals surface area (Å²) in [7, 11) is 3.74. The Bertz CT molecular complexity index is 730. The van der Waals surface area contributed by atoms with Crippen molar-refractivity contribution < 1.29 is 32.2 Å². The van der Waals surface area contributed by atoms with E-state index in [1.807, 2.05) is 0 Å². The summed E-state index contributed by atoms with van der Waals surface area (Å²) < 4.78 is 54.5. The van der Waals surface area contributed by atoms with E-state index in [0.717, 1.165) is 0 Å². The average Bonchev–Trinajstić information content (AvgIpc) is 3.02. The number of halogens is 3. The SMILES string of the molecule is COc1cc(-n2nnnc2C(F)(F)F)c(OC)c(C=O)c1OC. The van der Waals surface area contributed by atoms with E-state index >= 15 is 0 Å². The van der Waals surface area contributed by atoms with Gasteiger partial charge in [-0.15, -0.1) is 5.10 Å². The summed E-state index contributed by atoms with van der Waals surface area (Å²) in [6, 6.07) is 1.18. The van der Waals surface area contributed by atoms with Gasteiger partial charge >= 0.3 is 6.18 Å². The van der Waals surface area contributed by atoms with Crippen LogP contribution in [0.2, 0.25) is 0 Å². The number of rotatable bonds is 5. The number of nitrogens with zero attached hydrogens (tertiary/aromatic N) is 4. The molecular formula is C12H11F3N4O4. The molecule has 23 heavy (non-hydrogen) atoms. The van der Waals surface area contributed by atoms with Gasteiger partial charge in [0.1, 0.15) is 11.3 Å². The van der Waals surface area contributed by atoms with Gasteiger partial charge in [-0.05, 0) is 10.4 Å². The fourth-order valence-electron chi connectivity index (χ4n) is 2.00. The average molecular weight is 332 g/mol. The molecule has 124 valence electrons. The van der Waals surface area contributed by atoms with Gasteiger partial charge in [0.25, 0.3) is 5.82 Å². The number of hydrogen-bond donors (Lipinski definition) is 0. The van der Waals surface area contributed by atoms with Gasteiger partial charge in [-0.3, -0.25) is 4.79 Å². The molecule has 1 aromatic heterocycles. The third kappa shape index (κ3) is 2.76. The van der Waals surface area contributed by atoms with Crippen LogP contribution in [0, 0.1) is 0 Å². The molecule has 1 aromatic carbocycles. The molecular weight excluding hydrogens is 321 g/mol. The maximum Gasteiger partial charge on any atom is 0.453 e. The summed E-state index contributed by atoms with van der Waals surface area (Å²) in [5.41, 5.74) is -0.349. The minimum absolute atomic E-state index is 0.0183. The topological polar surface area (TPSA) is 88.4 Å². The number of ether oxygens (including phenoxy) is 3. The Hall–Kier alpha value is -2.85. The van der Waals surface area contributed by atoms with E-state index in [2.05, 4.69) is 15.5 Å². The summed E-state index contributed by atoms with van der Waals surface area (Å²) in [5.74, 6) is -1.52. The zero-order valence-corrected chi connectivity index (χ0v) is 12.2. The van der Waals surface area contributed by atoms with Crippen LogP contribution in [0.4, 0.5) is 13.2 Å². The minimum atomic E-state index is -4.80. The Morgan fingerprint density at radius 3 is 2.26 bits per heavy atom. The van der Waals surface area contributed by atoms with Crippen molar-refractivity contribution in [2.75, 3.05) is 21.3 Å². The monoisotopic (exact) mass is 332 g/mol. The number of methoxy groups -OCH3 is 3. The van der Waals surface area contributed by atoms with E-state index in [4.69, 9.17) is 14.2 Å². The zero-order valence-electron chi connectivity index (χ0n) is 12.2. The molecule has 0 aliphatic rings. The zero-order chi connectivity index (χ0) is 17.2. The van der Waals surface area contributed by atoms with Gasteiger partial charge in [0, 0.05) is 6.07 Å². The van der Waals surface area contributed by atoms with Crippen molar-refractivity contribution in [1.29, 1.82) is 0 Å². The van der Waals surface area contributed by atoms with Crippen LogP contribution in [0.5, 0.6) is 17.2 Å². The second kappa shape index (κ2) is 6.10. The second-order valence-corrected chi connectivity index (χ2v) is 4.11. The number of aromatic nitrogens is 4. The van der Waals surface area contributed by atoms with E-state index in [9.17, 15) is 18.0 Å². The molecule has 0 unspecified atom stereocenters. The molecule has 1 heterocycles. The third-order valence-corrected chi connectivity index (χ3v) is 2.91. The Kier molecular flexibility index (Phi) is 4.38. The molecule has 0 bridgehead atoms. The normalized spacial score (nSPS) is 11.2. The van der Waals surface area contributed by atoms with Crippen LogP contribution in [0.3, 0.4) is 0 Å². The maximum absolute atomic E-state index is 13.0. The minimum Gasteiger partial charge on any atom is -0.494 e. The van der Waals surface area contributed by atoms with Gasteiger partial charge in [-0.2, -0.15) is 17.9 Å². The van der Waals surface area contributed by atoms with Crippen molar-refractivity contribution in [1.82, 2.24) is 20.2 Å². The molecule has 0 spiro atoms. The van der Waals surface area contributed by atoms with Crippen molar-refractivity contribution in [2.45, 2.75) is 6.18 Å². The molecule has 11 heteroatoms. The molecule has 0 N–H and O–H groups in total. The summed E-state index contributed by atoms with van der Waals surface area (Å²) in [6.45, 7) is 0. The highest BCUT2D eigenvalue weighted by Crippen LogP contribution is 2.42. The molecule has 0 atom stereocenters. The summed E-state index contributed by atoms with van der Waals surface area (Å²) >= 11 is 0. The van der Waals surface area contributed by atoms with Gasteiger partial charge in [-0.1, -0.05) is 0 Å². The first-order valence-corrected chi connectivity index (χ1v) is 6.03. The number of carbonyl (C=O) groups is 1. The molecule has 8 nitrogen and oxygen atoms in total. The van der Waals surface area contributed by atoms with Gasteiger partial charge in [0.05, 0.1) is 21.3 Å². The number of tetrazole rings is 1. The second-order valence-electron chi connectivity index (χ2n) is 4.11. The molecule has 2 aromatic rings. The molecule has 2 rings (SSSR count). The van der Waals surface area contributed by atoms with E-state index in [1.54, 1.807) is 0 Å². The lowest BCUT2D eigenvalue weighted by Crippen LogP contribution is -2.16. The highest BCUT2D eigenvalue weighted by Gasteiger charge is 2.39. The van der Waals surface area contributed by atoms with Crippen LogP contribution in [0.15, 0.2) is 6.07 Å². The molecule has 0 amide bonds. The summed E-state index contributed by atoms with van der Waals surface area (Å²) in [6.07, 6.45) is -4.43. The molecule has 0 saturated heterocycles. The Morgan fingerprint density at radius 2 is 1.78 bits per heavy atom. The molecule has 0 aliphatic heterocycles.